The maximum atomic E-state index is 12.1. The van der Waals surface area contributed by atoms with Gasteiger partial charge in [0.05, 0.1) is 7.11 Å². The second-order valence-corrected chi connectivity index (χ2v) is 6.91. The van der Waals surface area contributed by atoms with Crippen molar-refractivity contribution < 1.29 is 9.53 Å². The van der Waals surface area contributed by atoms with Gasteiger partial charge in [0.2, 0.25) is 0 Å². The number of hydrogen-bond donors (Lipinski definition) is 1. The molecule has 1 saturated carbocycles. The van der Waals surface area contributed by atoms with E-state index in [0.717, 1.165) is 31.7 Å². The van der Waals surface area contributed by atoms with E-state index in [9.17, 15) is 4.79 Å². The molecule has 122 valence electrons. The van der Waals surface area contributed by atoms with Crippen LogP contribution in [0, 0.1) is 5.92 Å². The first-order chi connectivity index (χ1) is 10.0. The molecule has 21 heavy (non-hydrogen) atoms. The molecule has 0 bridgehead atoms. The zero-order valence-corrected chi connectivity index (χ0v) is 14.0. The molecule has 2 fully saturated rings. The van der Waals surface area contributed by atoms with Crippen molar-refractivity contribution >= 4 is 5.97 Å². The molecule has 5 heteroatoms. The van der Waals surface area contributed by atoms with Crippen molar-refractivity contribution in [3.05, 3.63) is 0 Å². The SMILES string of the molecule is CNC1(C(=O)OC)CCC(N(C)CC2CCN(C)CC2)C1. The second-order valence-electron chi connectivity index (χ2n) is 6.91. The van der Waals surface area contributed by atoms with E-state index in [1.807, 2.05) is 7.05 Å². The lowest BCUT2D eigenvalue weighted by Gasteiger charge is -2.34. The third-order valence-corrected chi connectivity index (χ3v) is 5.55. The lowest BCUT2D eigenvalue weighted by molar-refractivity contribution is -0.148. The number of likely N-dealkylation sites (tertiary alicyclic amines) is 1. The van der Waals surface area contributed by atoms with Crippen LogP contribution in [0.15, 0.2) is 0 Å². The van der Waals surface area contributed by atoms with Crippen LogP contribution < -0.4 is 5.32 Å². The molecule has 1 N–H and O–H groups in total. The summed E-state index contributed by atoms with van der Waals surface area (Å²) in [5, 5.41) is 3.21. The topological polar surface area (TPSA) is 44.8 Å². The highest BCUT2D eigenvalue weighted by molar-refractivity contribution is 5.81. The Balaban J connectivity index is 1.87. The maximum absolute atomic E-state index is 12.1. The van der Waals surface area contributed by atoms with Crippen LogP contribution in [0.4, 0.5) is 0 Å². The van der Waals surface area contributed by atoms with Crippen LogP contribution in [0.1, 0.15) is 32.1 Å². The standard InChI is InChI=1S/C16H31N3O2/c1-17-16(15(20)21-4)8-5-14(11-16)19(3)12-13-6-9-18(2)10-7-13/h13-14,17H,5-12H2,1-4H3. The van der Waals surface area contributed by atoms with Crippen molar-refractivity contribution in [3.8, 4) is 0 Å². The van der Waals surface area contributed by atoms with Gasteiger partial charge in [-0.05, 0) is 72.3 Å². The summed E-state index contributed by atoms with van der Waals surface area (Å²) in [6.07, 6.45) is 5.39. The molecule has 2 atom stereocenters. The molecule has 0 amide bonds. The Morgan fingerprint density at radius 2 is 2.05 bits per heavy atom. The minimum atomic E-state index is -0.472. The van der Waals surface area contributed by atoms with E-state index in [-0.39, 0.29) is 5.97 Å². The Bertz CT molecular complexity index is 355. The molecule has 2 aliphatic rings. The summed E-state index contributed by atoms with van der Waals surface area (Å²) in [7, 11) is 7.77. The molecule has 0 aromatic carbocycles. The van der Waals surface area contributed by atoms with Gasteiger partial charge in [0.1, 0.15) is 5.54 Å². The van der Waals surface area contributed by atoms with Gasteiger partial charge in [0.15, 0.2) is 0 Å². The molecule has 2 unspecified atom stereocenters. The largest absolute Gasteiger partial charge is 0.468 e. The fraction of sp³-hybridized carbons (Fsp3) is 0.938. The van der Waals surface area contributed by atoms with Crippen LogP contribution in [-0.4, -0.2) is 75.2 Å². The molecular formula is C16H31N3O2. The highest BCUT2D eigenvalue weighted by atomic mass is 16.5. The van der Waals surface area contributed by atoms with Crippen molar-refractivity contribution in [1.82, 2.24) is 15.1 Å². The molecule has 0 spiro atoms. The number of esters is 1. The summed E-state index contributed by atoms with van der Waals surface area (Å²) < 4.78 is 4.99. The average Bonchev–Trinajstić information content (AvgIpc) is 2.94. The fourth-order valence-electron chi connectivity index (χ4n) is 3.91. The highest BCUT2D eigenvalue weighted by Gasteiger charge is 2.46. The number of rotatable bonds is 5. The molecule has 2 rings (SSSR count). The third kappa shape index (κ3) is 3.76. The summed E-state index contributed by atoms with van der Waals surface area (Å²) >= 11 is 0. The molecule has 1 heterocycles. The van der Waals surface area contributed by atoms with Gasteiger partial charge in [-0.2, -0.15) is 0 Å². The second kappa shape index (κ2) is 7.07. The van der Waals surface area contributed by atoms with Gasteiger partial charge in [-0.15, -0.1) is 0 Å². The molecule has 0 aromatic heterocycles. The Morgan fingerprint density at radius 1 is 1.38 bits per heavy atom. The average molecular weight is 297 g/mol. The van der Waals surface area contributed by atoms with Gasteiger partial charge in [-0.25, -0.2) is 0 Å². The number of nitrogens with one attached hydrogen (secondary N) is 1. The van der Waals surface area contributed by atoms with Crippen molar-refractivity contribution in [1.29, 1.82) is 0 Å². The van der Waals surface area contributed by atoms with E-state index in [1.54, 1.807) is 0 Å². The molecular weight excluding hydrogens is 266 g/mol. The first-order valence-electron chi connectivity index (χ1n) is 8.17. The van der Waals surface area contributed by atoms with Gasteiger partial charge < -0.3 is 19.9 Å². The van der Waals surface area contributed by atoms with Gasteiger partial charge in [-0.1, -0.05) is 0 Å². The van der Waals surface area contributed by atoms with E-state index in [0.29, 0.717) is 6.04 Å². The lowest BCUT2D eigenvalue weighted by atomic mass is 9.95. The number of ether oxygens (including phenoxy) is 1. The predicted octanol–water partition coefficient (Wildman–Crippen LogP) is 0.944. The zero-order valence-electron chi connectivity index (χ0n) is 14.0. The van der Waals surface area contributed by atoms with E-state index >= 15 is 0 Å². The first kappa shape index (κ1) is 16.7. The van der Waals surface area contributed by atoms with Crippen LogP contribution in [0.2, 0.25) is 0 Å². The molecule has 1 aliphatic carbocycles. The minimum Gasteiger partial charge on any atom is -0.468 e. The van der Waals surface area contributed by atoms with E-state index in [1.165, 1.54) is 33.0 Å². The Morgan fingerprint density at radius 3 is 2.62 bits per heavy atom. The number of carbonyl (C=O) groups is 1. The van der Waals surface area contributed by atoms with E-state index in [2.05, 4.69) is 29.2 Å². The molecule has 1 saturated heterocycles. The zero-order chi connectivity index (χ0) is 15.5. The van der Waals surface area contributed by atoms with Crippen molar-refractivity contribution in [3.63, 3.8) is 0 Å². The van der Waals surface area contributed by atoms with Crippen LogP contribution in [0.3, 0.4) is 0 Å². The number of nitrogens with zero attached hydrogens (tertiary/aromatic N) is 2. The summed E-state index contributed by atoms with van der Waals surface area (Å²) in [5.74, 6) is 0.689. The van der Waals surface area contributed by atoms with Crippen molar-refractivity contribution in [2.24, 2.45) is 5.92 Å². The number of likely N-dealkylation sites (N-methyl/N-ethyl adjacent to an activating group) is 1. The minimum absolute atomic E-state index is 0.111. The molecule has 5 nitrogen and oxygen atoms in total. The number of piperidine rings is 1. The quantitative estimate of drug-likeness (QED) is 0.765. The summed E-state index contributed by atoms with van der Waals surface area (Å²) in [6.45, 7) is 3.58. The van der Waals surface area contributed by atoms with E-state index in [4.69, 9.17) is 4.74 Å². The van der Waals surface area contributed by atoms with Crippen LogP contribution >= 0.6 is 0 Å². The van der Waals surface area contributed by atoms with E-state index < -0.39 is 5.54 Å². The van der Waals surface area contributed by atoms with Crippen molar-refractivity contribution in [2.45, 2.75) is 43.7 Å². The fourth-order valence-corrected chi connectivity index (χ4v) is 3.91. The van der Waals surface area contributed by atoms with Gasteiger partial charge in [-0.3, -0.25) is 4.79 Å². The van der Waals surface area contributed by atoms with Gasteiger partial charge in [0, 0.05) is 12.6 Å². The van der Waals surface area contributed by atoms with Crippen LogP contribution in [0.25, 0.3) is 0 Å². The van der Waals surface area contributed by atoms with Gasteiger partial charge >= 0.3 is 5.97 Å². The van der Waals surface area contributed by atoms with Crippen LogP contribution in [-0.2, 0) is 9.53 Å². The molecule has 1 aliphatic heterocycles. The Kier molecular flexibility index (Phi) is 5.63. The predicted molar refractivity (Wildman–Crippen MR) is 84.3 cm³/mol. The highest BCUT2D eigenvalue weighted by Crippen LogP contribution is 2.34. The first-order valence-corrected chi connectivity index (χ1v) is 8.17. The van der Waals surface area contributed by atoms with Crippen molar-refractivity contribution in [2.75, 3.05) is 47.9 Å². The normalized spacial score (nSPS) is 31.8. The summed E-state index contributed by atoms with van der Waals surface area (Å²) in [4.78, 5) is 16.9. The Hall–Kier alpha value is -0.650. The summed E-state index contributed by atoms with van der Waals surface area (Å²) in [5.41, 5.74) is -0.472. The summed E-state index contributed by atoms with van der Waals surface area (Å²) in [6, 6.07) is 0.483. The lowest BCUT2D eigenvalue weighted by Crippen LogP contribution is -2.50. The number of hydrogen-bond acceptors (Lipinski definition) is 5. The van der Waals surface area contributed by atoms with Crippen LogP contribution in [0.5, 0.6) is 0 Å². The maximum Gasteiger partial charge on any atom is 0.326 e. The molecule has 0 radical (unpaired) electrons. The molecule has 0 aromatic rings. The smallest absolute Gasteiger partial charge is 0.326 e. The number of methoxy groups -OCH3 is 1. The Labute approximate surface area is 129 Å². The monoisotopic (exact) mass is 297 g/mol. The van der Waals surface area contributed by atoms with Gasteiger partial charge in [0.25, 0.3) is 0 Å². The third-order valence-electron chi connectivity index (χ3n) is 5.55. The number of carbonyl (C=O) groups excluding carboxylic acids is 1.